The molecule has 10 heteroatoms. The van der Waals surface area contributed by atoms with E-state index in [0.717, 1.165) is 17.9 Å². The third kappa shape index (κ3) is 5.52. The summed E-state index contributed by atoms with van der Waals surface area (Å²) in [7, 11) is -3.82. The highest BCUT2D eigenvalue weighted by Gasteiger charge is 2.19. The van der Waals surface area contributed by atoms with Gasteiger partial charge in [-0.2, -0.15) is 0 Å². The minimum Gasteiger partial charge on any atom is -0.437 e. The van der Waals surface area contributed by atoms with Gasteiger partial charge < -0.3 is 4.74 Å². The first-order valence-corrected chi connectivity index (χ1v) is 11.5. The Hall–Kier alpha value is -2.68. The van der Waals surface area contributed by atoms with Gasteiger partial charge in [-0.25, -0.2) is 22.5 Å². The molecular formula is C21H17Cl2FN2O4S. The standard InChI is InChI=1S/C21H17Cl2FN2O4S/c1-11-7-16(20(27)26-31(3,28)29)18(24)9-15(11)13-8-17(23)21(25-10-13)30-19-5-4-14(22)6-12(19)2/h4-10H,1-3H3,(H,26,27). The average molecular weight is 483 g/mol. The van der Waals surface area contributed by atoms with E-state index in [1.54, 1.807) is 35.9 Å². The van der Waals surface area contributed by atoms with Crippen LogP contribution in [0.25, 0.3) is 11.1 Å². The van der Waals surface area contributed by atoms with E-state index in [-0.39, 0.29) is 16.5 Å². The Bertz CT molecular complexity index is 1300. The second kappa shape index (κ2) is 8.82. The van der Waals surface area contributed by atoms with Crippen molar-refractivity contribution >= 4 is 39.1 Å². The third-order valence-electron chi connectivity index (χ3n) is 4.30. The average Bonchev–Trinajstić information content (AvgIpc) is 2.65. The van der Waals surface area contributed by atoms with E-state index in [1.807, 2.05) is 6.92 Å². The molecule has 0 unspecified atom stereocenters. The number of rotatable bonds is 5. The first kappa shape index (κ1) is 23.0. The predicted molar refractivity (Wildman–Crippen MR) is 118 cm³/mol. The highest BCUT2D eigenvalue weighted by molar-refractivity contribution is 7.89. The topological polar surface area (TPSA) is 85.4 Å². The molecule has 1 N–H and O–H groups in total. The van der Waals surface area contributed by atoms with Gasteiger partial charge in [0, 0.05) is 16.8 Å². The van der Waals surface area contributed by atoms with Crippen LogP contribution in [0.5, 0.6) is 11.6 Å². The number of ether oxygens (including phenoxy) is 1. The molecule has 3 rings (SSSR count). The Morgan fingerprint density at radius 3 is 2.42 bits per heavy atom. The van der Waals surface area contributed by atoms with Crippen LogP contribution < -0.4 is 9.46 Å². The zero-order valence-corrected chi connectivity index (χ0v) is 19.0. The third-order valence-corrected chi connectivity index (χ3v) is 5.36. The second-order valence-electron chi connectivity index (χ2n) is 6.87. The summed E-state index contributed by atoms with van der Waals surface area (Å²) in [5.74, 6) is -1.23. The Kier molecular flexibility index (Phi) is 6.54. The summed E-state index contributed by atoms with van der Waals surface area (Å²) in [6, 6.07) is 9.08. The molecule has 0 atom stereocenters. The van der Waals surface area contributed by atoms with E-state index in [0.29, 0.717) is 27.5 Å². The fraction of sp³-hybridized carbons (Fsp3) is 0.143. The maximum Gasteiger partial charge on any atom is 0.267 e. The van der Waals surface area contributed by atoms with E-state index < -0.39 is 21.7 Å². The number of nitrogens with zero attached hydrogens (tertiary/aromatic N) is 1. The van der Waals surface area contributed by atoms with Crippen molar-refractivity contribution in [2.45, 2.75) is 13.8 Å². The zero-order chi connectivity index (χ0) is 22.9. The van der Waals surface area contributed by atoms with Gasteiger partial charge in [0.15, 0.2) is 0 Å². The van der Waals surface area contributed by atoms with Crippen LogP contribution in [-0.4, -0.2) is 25.6 Å². The number of carbonyl (C=O) groups is 1. The Morgan fingerprint density at radius 2 is 1.81 bits per heavy atom. The van der Waals surface area contributed by atoms with Crippen LogP contribution in [0.3, 0.4) is 0 Å². The van der Waals surface area contributed by atoms with Crippen molar-refractivity contribution in [3.8, 4) is 22.8 Å². The van der Waals surface area contributed by atoms with Crippen LogP contribution >= 0.6 is 23.2 Å². The maximum atomic E-state index is 14.5. The molecule has 0 fully saturated rings. The minimum absolute atomic E-state index is 0.165. The van der Waals surface area contributed by atoms with E-state index in [4.69, 9.17) is 27.9 Å². The van der Waals surface area contributed by atoms with Gasteiger partial charge in [-0.05, 0) is 66.9 Å². The van der Waals surface area contributed by atoms with E-state index in [2.05, 4.69) is 4.98 Å². The lowest BCUT2D eigenvalue weighted by atomic mass is 9.99. The molecule has 0 aliphatic carbocycles. The summed E-state index contributed by atoms with van der Waals surface area (Å²) in [4.78, 5) is 16.2. The van der Waals surface area contributed by atoms with Gasteiger partial charge in [-0.15, -0.1) is 0 Å². The van der Waals surface area contributed by atoms with Crippen molar-refractivity contribution in [3.63, 3.8) is 0 Å². The molecule has 0 aliphatic heterocycles. The van der Waals surface area contributed by atoms with Crippen LogP contribution in [0, 0.1) is 19.7 Å². The van der Waals surface area contributed by atoms with Crippen molar-refractivity contribution in [3.05, 3.63) is 75.1 Å². The fourth-order valence-electron chi connectivity index (χ4n) is 2.87. The number of hydrogen-bond acceptors (Lipinski definition) is 5. The number of aromatic nitrogens is 1. The largest absolute Gasteiger partial charge is 0.437 e. The summed E-state index contributed by atoms with van der Waals surface area (Å²) in [5.41, 5.74) is 1.88. The molecule has 3 aromatic rings. The molecular weight excluding hydrogens is 466 g/mol. The monoisotopic (exact) mass is 482 g/mol. The molecule has 0 saturated heterocycles. The Morgan fingerprint density at radius 1 is 1.10 bits per heavy atom. The molecule has 162 valence electrons. The first-order valence-electron chi connectivity index (χ1n) is 8.87. The summed E-state index contributed by atoms with van der Waals surface area (Å²) in [6.07, 6.45) is 2.28. The molecule has 6 nitrogen and oxygen atoms in total. The number of nitrogens with one attached hydrogen (secondary N) is 1. The normalized spacial score (nSPS) is 11.3. The molecule has 0 saturated carbocycles. The quantitative estimate of drug-likeness (QED) is 0.533. The lowest BCUT2D eigenvalue weighted by Gasteiger charge is -2.13. The van der Waals surface area contributed by atoms with Crippen LogP contribution in [0.2, 0.25) is 10.0 Å². The molecule has 0 bridgehead atoms. The fourth-order valence-corrected chi connectivity index (χ4v) is 3.75. The number of sulfonamides is 1. The first-order chi connectivity index (χ1) is 14.4. The molecule has 1 heterocycles. The lowest BCUT2D eigenvalue weighted by Crippen LogP contribution is -2.30. The van der Waals surface area contributed by atoms with E-state index in [1.165, 1.54) is 12.3 Å². The van der Waals surface area contributed by atoms with Crippen molar-refractivity contribution in [1.29, 1.82) is 0 Å². The highest BCUT2D eigenvalue weighted by Crippen LogP contribution is 2.34. The number of pyridine rings is 1. The van der Waals surface area contributed by atoms with Crippen molar-refractivity contribution in [1.82, 2.24) is 9.71 Å². The number of amides is 1. The Balaban J connectivity index is 1.92. The van der Waals surface area contributed by atoms with Gasteiger partial charge in [0.25, 0.3) is 5.91 Å². The van der Waals surface area contributed by atoms with Crippen molar-refractivity contribution in [2.24, 2.45) is 0 Å². The van der Waals surface area contributed by atoms with Crippen LogP contribution in [0.15, 0.2) is 42.6 Å². The van der Waals surface area contributed by atoms with Crippen LogP contribution in [-0.2, 0) is 10.0 Å². The maximum absolute atomic E-state index is 14.5. The van der Waals surface area contributed by atoms with Crippen molar-refractivity contribution < 1.29 is 22.3 Å². The number of benzene rings is 2. The molecule has 1 aromatic heterocycles. The molecule has 1 amide bonds. The number of aryl methyl sites for hydroxylation is 2. The highest BCUT2D eigenvalue weighted by atomic mass is 35.5. The second-order valence-corrected chi connectivity index (χ2v) is 9.47. The number of carbonyl (C=O) groups excluding carboxylic acids is 1. The van der Waals surface area contributed by atoms with Crippen molar-refractivity contribution in [2.75, 3.05) is 6.26 Å². The summed E-state index contributed by atoms with van der Waals surface area (Å²) >= 11 is 12.3. The minimum atomic E-state index is -3.82. The molecule has 2 aromatic carbocycles. The number of hydrogen-bond donors (Lipinski definition) is 1. The summed E-state index contributed by atoms with van der Waals surface area (Å²) < 4.78 is 44.5. The lowest BCUT2D eigenvalue weighted by molar-refractivity contribution is 0.0977. The van der Waals surface area contributed by atoms with Gasteiger partial charge in [0.2, 0.25) is 15.9 Å². The zero-order valence-electron chi connectivity index (χ0n) is 16.7. The smallest absolute Gasteiger partial charge is 0.267 e. The molecule has 0 spiro atoms. The van der Waals surface area contributed by atoms with Crippen LogP contribution in [0.1, 0.15) is 21.5 Å². The van der Waals surface area contributed by atoms with Gasteiger partial charge >= 0.3 is 0 Å². The predicted octanol–water partition coefficient (Wildman–Crippen LogP) is 5.29. The van der Waals surface area contributed by atoms with Gasteiger partial charge in [0.1, 0.15) is 16.6 Å². The van der Waals surface area contributed by atoms with Gasteiger partial charge in [-0.3, -0.25) is 4.79 Å². The van der Waals surface area contributed by atoms with Gasteiger partial charge in [0.05, 0.1) is 11.8 Å². The summed E-state index contributed by atoms with van der Waals surface area (Å²) in [6.45, 7) is 3.48. The van der Waals surface area contributed by atoms with Crippen LogP contribution in [0.4, 0.5) is 4.39 Å². The molecule has 0 aliphatic rings. The molecule has 0 radical (unpaired) electrons. The SMILES string of the molecule is Cc1cc(Cl)ccc1Oc1ncc(-c2cc(F)c(C(=O)NS(C)(=O)=O)cc2C)cc1Cl. The van der Waals surface area contributed by atoms with E-state index in [9.17, 15) is 17.6 Å². The molecule has 31 heavy (non-hydrogen) atoms. The summed E-state index contributed by atoms with van der Waals surface area (Å²) in [5, 5.41) is 0.774. The van der Waals surface area contributed by atoms with E-state index >= 15 is 0 Å². The number of halogens is 3. The van der Waals surface area contributed by atoms with Gasteiger partial charge in [-0.1, -0.05) is 23.2 Å². The Labute approximate surface area is 189 Å².